The number of amides is 2. The van der Waals surface area contributed by atoms with E-state index in [0.29, 0.717) is 23.7 Å². The lowest BCUT2D eigenvalue weighted by Gasteiger charge is -2.27. The topological polar surface area (TPSA) is 61.4 Å². The molecule has 1 saturated heterocycles. The van der Waals surface area contributed by atoms with E-state index in [4.69, 9.17) is 0 Å². The summed E-state index contributed by atoms with van der Waals surface area (Å²) < 4.78 is 0. The molecular formula is C18H27N3O2. The highest BCUT2D eigenvalue weighted by atomic mass is 16.2. The normalized spacial score (nSPS) is 14.7. The molecule has 0 aromatic heterocycles. The molecular weight excluding hydrogens is 290 g/mol. The zero-order chi connectivity index (χ0) is 16.7. The molecule has 2 amide bonds. The second-order valence-corrected chi connectivity index (χ2v) is 6.44. The van der Waals surface area contributed by atoms with Crippen molar-refractivity contribution >= 4 is 17.5 Å². The van der Waals surface area contributed by atoms with Gasteiger partial charge in [0.2, 0.25) is 5.91 Å². The van der Waals surface area contributed by atoms with Gasteiger partial charge in [0, 0.05) is 25.3 Å². The van der Waals surface area contributed by atoms with E-state index in [0.717, 1.165) is 25.9 Å². The van der Waals surface area contributed by atoms with Crippen LogP contribution in [0.5, 0.6) is 0 Å². The summed E-state index contributed by atoms with van der Waals surface area (Å²) in [4.78, 5) is 26.4. The molecule has 1 aromatic rings. The molecule has 2 rings (SSSR count). The third kappa shape index (κ3) is 5.27. The van der Waals surface area contributed by atoms with Gasteiger partial charge < -0.3 is 15.5 Å². The standard InChI is InChI=1S/C18H27N3O2/c1-14(2)12-20-18(23)15-8-4-5-9-16(15)19-13-17(22)21-10-6-3-7-11-21/h4-5,8-9,14,19H,3,6-7,10-13H2,1-2H3,(H,20,23). The number of nitrogens with one attached hydrogen (secondary N) is 2. The predicted molar refractivity (Wildman–Crippen MR) is 92.5 cm³/mol. The number of hydrogen-bond donors (Lipinski definition) is 2. The Bertz CT molecular complexity index is 537. The molecule has 0 spiro atoms. The smallest absolute Gasteiger partial charge is 0.253 e. The van der Waals surface area contributed by atoms with Gasteiger partial charge in [-0.25, -0.2) is 0 Å². The van der Waals surface area contributed by atoms with Crippen LogP contribution in [0.3, 0.4) is 0 Å². The van der Waals surface area contributed by atoms with Gasteiger partial charge in [-0.05, 0) is 37.3 Å². The van der Waals surface area contributed by atoms with E-state index in [1.165, 1.54) is 6.42 Å². The van der Waals surface area contributed by atoms with Crippen LogP contribution in [0, 0.1) is 5.92 Å². The van der Waals surface area contributed by atoms with E-state index in [1.54, 1.807) is 6.07 Å². The van der Waals surface area contributed by atoms with Crippen LogP contribution < -0.4 is 10.6 Å². The lowest BCUT2D eigenvalue weighted by molar-refractivity contribution is -0.130. The van der Waals surface area contributed by atoms with Crippen molar-refractivity contribution in [2.75, 3.05) is 31.5 Å². The van der Waals surface area contributed by atoms with Crippen molar-refractivity contribution in [2.45, 2.75) is 33.1 Å². The minimum Gasteiger partial charge on any atom is -0.376 e. The molecule has 0 atom stereocenters. The second-order valence-electron chi connectivity index (χ2n) is 6.44. The fourth-order valence-corrected chi connectivity index (χ4v) is 2.65. The molecule has 1 heterocycles. The van der Waals surface area contributed by atoms with E-state index in [2.05, 4.69) is 24.5 Å². The zero-order valence-corrected chi connectivity index (χ0v) is 14.1. The first-order chi connectivity index (χ1) is 11.1. The molecule has 23 heavy (non-hydrogen) atoms. The number of benzene rings is 1. The lowest BCUT2D eigenvalue weighted by Crippen LogP contribution is -2.39. The number of anilines is 1. The number of likely N-dealkylation sites (tertiary alicyclic amines) is 1. The highest BCUT2D eigenvalue weighted by Crippen LogP contribution is 2.15. The van der Waals surface area contributed by atoms with E-state index < -0.39 is 0 Å². The zero-order valence-electron chi connectivity index (χ0n) is 14.1. The molecule has 1 aliphatic heterocycles. The largest absolute Gasteiger partial charge is 0.376 e. The summed E-state index contributed by atoms with van der Waals surface area (Å²) in [7, 11) is 0. The Hall–Kier alpha value is -2.04. The molecule has 1 aliphatic rings. The Kier molecular flexibility index (Phi) is 6.44. The van der Waals surface area contributed by atoms with Crippen LogP contribution in [-0.4, -0.2) is 42.9 Å². The minimum absolute atomic E-state index is 0.0992. The van der Waals surface area contributed by atoms with Crippen molar-refractivity contribution in [2.24, 2.45) is 5.92 Å². The third-order valence-corrected chi connectivity index (χ3v) is 3.98. The third-order valence-electron chi connectivity index (χ3n) is 3.98. The van der Waals surface area contributed by atoms with Crippen LogP contribution in [-0.2, 0) is 4.79 Å². The number of carbonyl (C=O) groups is 2. The Morgan fingerprint density at radius 1 is 1.13 bits per heavy atom. The highest BCUT2D eigenvalue weighted by Gasteiger charge is 2.17. The van der Waals surface area contributed by atoms with Crippen molar-refractivity contribution in [1.29, 1.82) is 0 Å². The van der Waals surface area contributed by atoms with Gasteiger partial charge >= 0.3 is 0 Å². The number of rotatable bonds is 6. The number of para-hydroxylation sites is 1. The molecule has 0 unspecified atom stereocenters. The van der Waals surface area contributed by atoms with Crippen molar-refractivity contribution in [3.8, 4) is 0 Å². The highest BCUT2D eigenvalue weighted by molar-refractivity contribution is 6.00. The molecule has 0 aliphatic carbocycles. The Morgan fingerprint density at radius 3 is 2.52 bits per heavy atom. The summed E-state index contributed by atoms with van der Waals surface area (Å²) in [5.74, 6) is 0.397. The maximum Gasteiger partial charge on any atom is 0.253 e. The first kappa shape index (κ1) is 17.3. The molecule has 2 N–H and O–H groups in total. The molecule has 5 nitrogen and oxygen atoms in total. The Labute approximate surface area is 138 Å². The van der Waals surface area contributed by atoms with Crippen LogP contribution >= 0.6 is 0 Å². The number of piperidine rings is 1. The van der Waals surface area contributed by atoms with Crippen LogP contribution in [0.1, 0.15) is 43.5 Å². The molecule has 126 valence electrons. The molecule has 1 aromatic carbocycles. The van der Waals surface area contributed by atoms with Crippen molar-refractivity contribution in [1.82, 2.24) is 10.2 Å². The second kappa shape index (κ2) is 8.56. The van der Waals surface area contributed by atoms with Gasteiger partial charge in [0.1, 0.15) is 0 Å². The minimum atomic E-state index is -0.104. The molecule has 5 heteroatoms. The van der Waals surface area contributed by atoms with Gasteiger partial charge in [0.25, 0.3) is 5.91 Å². The predicted octanol–water partition coefficient (Wildman–Crippen LogP) is 2.50. The van der Waals surface area contributed by atoms with Crippen molar-refractivity contribution in [3.63, 3.8) is 0 Å². The van der Waals surface area contributed by atoms with Crippen molar-refractivity contribution < 1.29 is 9.59 Å². The van der Waals surface area contributed by atoms with Crippen LogP contribution in [0.15, 0.2) is 24.3 Å². The Morgan fingerprint density at radius 2 is 1.83 bits per heavy atom. The van der Waals surface area contributed by atoms with Gasteiger partial charge in [-0.15, -0.1) is 0 Å². The summed E-state index contributed by atoms with van der Waals surface area (Å²) in [5.41, 5.74) is 1.29. The summed E-state index contributed by atoms with van der Waals surface area (Å²) >= 11 is 0. The SMILES string of the molecule is CC(C)CNC(=O)c1ccccc1NCC(=O)N1CCCCC1. The van der Waals surface area contributed by atoms with Crippen LogP contribution in [0.25, 0.3) is 0 Å². The average Bonchev–Trinajstić information content (AvgIpc) is 2.58. The fraction of sp³-hybridized carbons (Fsp3) is 0.556. The average molecular weight is 317 g/mol. The first-order valence-electron chi connectivity index (χ1n) is 8.47. The van der Waals surface area contributed by atoms with E-state index >= 15 is 0 Å². The summed E-state index contributed by atoms with van der Waals surface area (Å²) in [6, 6.07) is 7.33. The van der Waals surface area contributed by atoms with Crippen LogP contribution in [0.2, 0.25) is 0 Å². The molecule has 1 fully saturated rings. The van der Waals surface area contributed by atoms with E-state index in [1.807, 2.05) is 23.1 Å². The summed E-state index contributed by atoms with van der Waals surface area (Å²) in [5, 5.41) is 6.04. The fourth-order valence-electron chi connectivity index (χ4n) is 2.65. The van der Waals surface area contributed by atoms with Crippen molar-refractivity contribution in [3.05, 3.63) is 29.8 Å². The van der Waals surface area contributed by atoms with E-state index in [-0.39, 0.29) is 18.4 Å². The van der Waals surface area contributed by atoms with Crippen LogP contribution in [0.4, 0.5) is 5.69 Å². The molecule has 0 bridgehead atoms. The maximum absolute atomic E-state index is 12.3. The Balaban J connectivity index is 1.94. The summed E-state index contributed by atoms with van der Waals surface area (Å²) in [6.07, 6.45) is 3.37. The molecule has 0 radical (unpaired) electrons. The monoisotopic (exact) mass is 317 g/mol. The van der Waals surface area contributed by atoms with Gasteiger partial charge in [0.15, 0.2) is 0 Å². The van der Waals surface area contributed by atoms with Gasteiger partial charge in [0.05, 0.1) is 12.1 Å². The quantitative estimate of drug-likeness (QED) is 0.847. The maximum atomic E-state index is 12.3. The first-order valence-corrected chi connectivity index (χ1v) is 8.47. The molecule has 0 saturated carbocycles. The lowest BCUT2D eigenvalue weighted by atomic mass is 10.1. The summed E-state index contributed by atoms with van der Waals surface area (Å²) in [6.45, 7) is 6.67. The number of hydrogen-bond acceptors (Lipinski definition) is 3. The van der Waals surface area contributed by atoms with E-state index in [9.17, 15) is 9.59 Å². The van der Waals surface area contributed by atoms with Gasteiger partial charge in [-0.3, -0.25) is 9.59 Å². The number of carbonyl (C=O) groups excluding carboxylic acids is 2. The number of nitrogens with zero attached hydrogens (tertiary/aromatic N) is 1. The van der Waals surface area contributed by atoms with Gasteiger partial charge in [-0.2, -0.15) is 0 Å². The van der Waals surface area contributed by atoms with Gasteiger partial charge in [-0.1, -0.05) is 26.0 Å².